The molecule has 6 nitrogen and oxygen atoms in total. The molecule has 1 amide bonds. The number of aromatic nitrogens is 3. The molecule has 0 aromatic carbocycles. The Hall–Kier alpha value is -1.89. The van der Waals surface area contributed by atoms with Crippen molar-refractivity contribution in [3.63, 3.8) is 0 Å². The van der Waals surface area contributed by atoms with Crippen LogP contribution in [-0.2, 0) is 17.8 Å². The lowest BCUT2D eigenvalue weighted by Gasteiger charge is -2.06. The third-order valence-corrected chi connectivity index (χ3v) is 4.08. The number of hydrogen-bond acceptors (Lipinski definition) is 5. The molecule has 3 N–H and O–H groups in total. The van der Waals surface area contributed by atoms with Crippen molar-refractivity contribution in [3.05, 3.63) is 27.5 Å². The maximum atomic E-state index is 11.9. The normalized spacial score (nSPS) is 10.8. The largest absolute Gasteiger partial charge is 0.396 e. The van der Waals surface area contributed by atoms with E-state index in [1.54, 1.807) is 16.0 Å². The van der Waals surface area contributed by atoms with E-state index in [4.69, 9.17) is 5.73 Å². The fraction of sp³-hybridized carbons (Fsp3) is 0.462. The van der Waals surface area contributed by atoms with E-state index in [0.29, 0.717) is 12.2 Å². The number of rotatable bonds is 5. The molecule has 2 heterocycles. The van der Waals surface area contributed by atoms with Crippen molar-refractivity contribution in [3.8, 4) is 0 Å². The molecular weight excluding hydrogens is 274 g/mol. The number of nitrogens with one attached hydrogen (secondary N) is 1. The molecule has 20 heavy (non-hydrogen) atoms. The predicted molar refractivity (Wildman–Crippen MR) is 79.7 cm³/mol. The molecular formula is C13H19N5OS. The topological polar surface area (TPSA) is 85.8 Å². The molecule has 2 aromatic rings. The Kier molecular flexibility index (Phi) is 4.39. The van der Waals surface area contributed by atoms with Gasteiger partial charge in [-0.2, -0.15) is 5.10 Å². The maximum absolute atomic E-state index is 11.9. The summed E-state index contributed by atoms with van der Waals surface area (Å²) in [7, 11) is 0. The van der Waals surface area contributed by atoms with Gasteiger partial charge in [-0.15, -0.1) is 11.3 Å². The van der Waals surface area contributed by atoms with E-state index in [-0.39, 0.29) is 12.5 Å². The number of carbonyl (C=O) groups excluding carboxylic acids is 1. The van der Waals surface area contributed by atoms with Crippen LogP contribution in [0.5, 0.6) is 0 Å². The van der Waals surface area contributed by atoms with Gasteiger partial charge in [0.25, 0.3) is 0 Å². The van der Waals surface area contributed by atoms with Crippen LogP contribution in [0.3, 0.4) is 0 Å². The summed E-state index contributed by atoms with van der Waals surface area (Å²) in [6.07, 6.45) is 0.753. The van der Waals surface area contributed by atoms with Gasteiger partial charge in [0.15, 0.2) is 0 Å². The Labute approximate surface area is 122 Å². The van der Waals surface area contributed by atoms with Crippen molar-refractivity contribution < 1.29 is 4.79 Å². The molecule has 0 atom stereocenters. The minimum absolute atomic E-state index is 0.0659. The predicted octanol–water partition coefficient (Wildman–Crippen LogP) is 1.21. The van der Waals surface area contributed by atoms with E-state index in [2.05, 4.69) is 15.4 Å². The Morgan fingerprint density at radius 3 is 2.75 bits per heavy atom. The number of amides is 1. The minimum Gasteiger partial charge on any atom is -0.396 e. The summed E-state index contributed by atoms with van der Waals surface area (Å²) < 4.78 is 1.63. The van der Waals surface area contributed by atoms with Crippen LogP contribution in [0.4, 0.5) is 5.69 Å². The summed E-state index contributed by atoms with van der Waals surface area (Å²) in [5, 5.41) is 10.2. The molecule has 0 spiro atoms. The smallest absolute Gasteiger partial charge is 0.241 e. The molecule has 7 heteroatoms. The van der Waals surface area contributed by atoms with E-state index in [1.165, 1.54) is 0 Å². The van der Waals surface area contributed by atoms with Gasteiger partial charge < -0.3 is 11.1 Å². The number of hydrogen-bond donors (Lipinski definition) is 2. The number of anilines is 1. The zero-order valence-electron chi connectivity index (χ0n) is 11.9. The van der Waals surface area contributed by atoms with Gasteiger partial charge in [0, 0.05) is 24.0 Å². The second-order valence-corrected chi connectivity index (χ2v) is 5.67. The van der Waals surface area contributed by atoms with Gasteiger partial charge in [-0.3, -0.25) is 9.48 Å². The molecule has 0 aliphatic carbocycles. The molecule has 0 aliphatic rings. The van der Waals surface area contributed by atoms with Crippen molar-refractivity contribution in [2.75, 3.05) is 12.3 Å². The van der Waals surface area contributed by atoms with Crippen LogP contribution in [0.15, 0.2) is 5.38 Å². The fourth-order valence-corrected chi connectivity index (χ4v) is 2.66. The number of nitrogens with zero attached hydrogens (tertiary/aromatic N) is 3. The van der Waals surface area contributed by atoms with Crippen molar-refractivity contribution in [2.24, 2.45) is 0 Å². The SMILES string of the molecule is Cc1csc(CCNC(=O)Cn2nc(C)c(N)c2C)n1. The van der Waals surface area contributed by atoms with Gasteiger partial charge in [-0.05, 0) is 20.8 Å². The lowest BCUT2D eigenvalue weighted by molar-refractivity contribution is -0.121. The second-order valence-electron chi connectivity index (χ2n) is 4.72. The van der Waals surface area contributed by atoms with Crippen molar-refractivity contribution in [1.82, 2.24) is 20.1 Å². The maximum Gasteiger partial charge on any atom is 0.241 e. The first-order valence-electron chi connectivity index (χ1n) is 6.44. The molecule has 0 saturated heterocycles. The van der Waals surface area contributed by atoms with Gasteiger partial charge in [0.1, 0.15) is 6.54 Å². The van der Waals surface area contributed by atoms with Gasteiger partial charge in [0.2, 0.25) is 5.91 Å². The van der Waals surface area contributed by atoms with Crippen LogP contribution in [-0.4, -0.2) is 27.2 Å². The molecule has 0 aliphatic heterocycles. The highest BCUT2D eigenvalue weighted by Crippen LogP contribution is 2.14. The van der Waals surface area contributed by atoms with E-state index >= 15 is 0 Å². The first-order chi connectivity index (χ1) is 9.47. The fourth-order valence-electron chi connectivity index (χ4n) is 1.88. The van der Waals surface area contributed by atoms with E-state index in [1.807, 2.05) is 26.2 Å². The number of thiazole rings is 1. The molecule has 0 saturated carbocycles. The standard InChI is InChI=1S/C13H19N5OS/c1-8-7-20-12(16-8)4-5-15-11(19)6-18-10(3)13(14)9(2)17-18/h7H,4-6,14H2,1-3H3,(H,15,19). The summed E-state index contributed by atoms with van der Waals surface area (Å²) in [4.78, 5) is 16.2. The van der Waals surface area contributed by atoms with Crippen LogP contribution in [0, 0.1) is 20.8 Å². The average Bonchev–Trinajstić information content (AvgIpc) is 2.90. The first-order valence-corrected chi connectivity index (χ1v) is 7.32. The third kappa shape index (κ3) is 3.36. The van der Waals surface area contributed by atoms with Crippen molar-refractivity contribution >= 4 is 22.9 Å². The van der Waals surface area contributed by atoms with Crippen molar-refractivity contribution in [1.29, 1.82) is 0 Å². The Balaban J connectivity index is 1.82. The molecule has 2 aromatic heterocycles. The summed E-state index contributed by atoms with van der Waals surface area (Å²) in [6, 6.07) is 0. The lowest BCUT2D eigenvalue weighted by Crippen LogP contribution is -2.30. The summed E-state index contributed by atoms with van der Waals surface area (Å²) in [6.45, 7) is 6.44. The van der Waals surface area contributed by atoms with E-state index < -0.39 is 0 Å². The van der Waals surface area contributed by atoms with Gasteiger partial charge in [-0.25, -0.2) is 4.98 Å². The monoisotopic (exact) mass is 293 g/mol. The average molecular weight is 293 g/mol. The minimum atomic E-state index is -0.0659. The van der Waals surface area contributed by atoms with Crippen LogP contribution in [0.1, 0.15) is 22.1 Å². The summed E-state index contributed by atoms with van der Waals surface area (Å²) >= 11 is 1.62. The molecule has 0 fully saturated rings. The van der Waals surface area contributed by atoms with Crippen LogP contribution < -0.4 is 11.1 Å². The molecule has 2 rings (SSSR count). The molecule has 108 valence electrons. The van der Waals surface area contributed by atoms with E-state index in [9.17, 15) is 4.79 Å². The van der Waals surface area contributed by atoms with Crippen LogP contribution in [0.25, 0.3) is 0 Å². The van der Waals surface area contributed by atoms with Gasteiger partial charge >= 0.3 is 0 Å². The Morgan fingerprint density at radius 2 is 2.20 bits per heavy atom. The molecule has 0 bridgehead atoms. The molecule has 0 unspecified atom stereocenters. The Bertz CT molecular complexity index is 616. The summed E-state index contributed by atoms with van der Waals surface area (Å²) in [5.74, 6) is -0.0659. The third-order valence-electron chi connectivity index (χ3n) is 3.06. The van der Waals surface area contributed by atoms with Gasteiger partial charge in [0.05, 0.1) is 22.1 Å². The Morgan fingerprint density at radius 1 is 1.45 bits per heavy atom. The second kappa shape index (κ2) is 6.04. The summed E-state index contributed by atoms with van der Waals surface area (Å²) in [5.41, 5.74) is 9.09. The first kappa shape index (κ1) is 14.5. The highest BCUT2D eigenvalue weighted by atomic mass is 32.1. The lowest BCUT2D eigenvalue weighted by atomic mass is 10.3. The highest BCUT2D eigenvalue weighted by molar-refractivity contribution is 7.09. The van der Waals surface area contributed by atoms with Crippen LogP contribution in [0.2, 0.25) is 0 Å². The van der Waals surface area contributed by atoms with Gasteiger partial charge in [-0.1, -0.05) is 0 Å². The zero-order chi connectivity index (χ0) is 14.7. The van der Waals surface area contributed by atoms with E-state index in [0.717, 1.165) is 28.5 Å². The van der Waals surface area contributed by atoms with Crippen LogP contribution >= 0.6 is 11.3 Å². The number of carbonyl (C=O) groups is 1. The quantitative estimate of drug-likeness (QED) is 0.867. The molecule has 0 radical (unpaired) electrons. The number of nitrogen functional groups attached to an aromatic ring is 1. The zero-order valence-corrected chi connectivity index (χ0v) is 12.8. The highest BCUT2D eigenvalue weighted by Gasteiger charge is 2.11. The van der Waals surface area contributed by atoms with Crippen molar-refractivity contribution in [2.45, 2.75) is 33.7 Å². The number of aryl methyl sites for hydroxylation is 2. The number of nitrogens with two attached hydrogens (primary N) is 1.